The standard InChI is InChI=1S/C13H22N2O3/c1-12(2,3)18-11(16)15-8-13(7-14)6-9-4-5-10(13)17-9/h4-5,9-10H,6-8,14H2,1-3H3,(H,15,16). The van der Waals surface area contributed by atoms with Gasteiger partial charge in [0.15, 0.2) is 0 Å². The zero-order valence-electron chi connectivity index (χ0n) is 11.2. The third-order valence-electron chi connectivity index (χ3n) is 3.42. The maximum atomic E-state index is 11.6. The fourth-order valence-electron chi connectivity index (χ4n) is 2.49. The number of carbonyl (C=O) groups is 1. The Morgan fingerprint density at radius 2 is 2.28 bits per heavy atom. The smallest absolute Gasteiger partial charge is 0.407 e. The number of hydrogen-bond donors (Lipinski definition) is 2. The first-order valence-electron chi connectivity index (χ1n) is 6.35. The van der Waals surface area contributed by atoms with Crippen LogP contribution in [-0.2, 0) is 9.47 Å². The Morgan fingerprint density at radius 1 is 1.56 bits per heavy atom. The summed E-state index contributed by atoms with van der Waals surface area (Å²) in [4.78, 5) is 11.6. The topological polar surface area (TPSA) is 73.6 Å². The lowest BCUT2D eigenvalue weighted by Crippen LogP contribution is -2.48. The van der Waals surface area contributed by atoms with Gasteiger partial charge in [-0.3, -0.25) is 0 Å². The monoisotopic (exact) mass is 254 g/mol. The minimum Gasteiger partial charge on any atom is -0.444 e. The SMILES string of the molecule is CC(C)(C)OC(=O)NCC1(CN)CC2C=CC1O2. The first-order chi connectivity index (χ1) is 8.35. The van der Waals surface area contributed by atoms with Crippen molar-refractivity contribution >= 4 is 6.09 Å². The van der Waals surface area contributed by atoms with Crippen LogP contribution in [0.5, 0.6) is 0 Å². The number of rotatable bonds is 3. The average molecular weight is 254 g/mol. The Hall–Kier alpha value is -1.07. The molecule has 0 aromatic heterocycles. The largest absolute Gasteiger partial charge is 0.444 e. The van der Waals surface area contributed by atoms with Gasteiger partial charge >= 0.3 is 6.09 Å². The minimum atomic E-state index is -0.481. The van der Waals surface area contributed by atoms with Crippen molar-refractivity contribution < 1.29 is 14.3 Å². The van der Waals surface area contributed by atoms with Gasteiger partial charge in [-0.25, -0.2) is 4.79 Å². The van der Waals surface area contributed by atoms with Crippen LogP contribution in [0.1, 0.15) is 27.2 Å². The normalized spacial score (nSPS) is 33.8. The van der Waals surface area contributed by atoms with E-state index in [1.165, 1.54) is 0 Å². The van der Waals surface area contributed by atoms with Crippen molar-refractivity contribution in [1.82, 2.24) is 5.32 Å². The number of nitrogens with two attached hydrogens (primary N) is 1. The molecule has 0 aliphatic carbocycles. The predicted molar refractivity (Wildman–Crippen MR) is 68.1 cm³/mol. The maximum absolute atomic E-state index is 11.6. The molecule has 2 aliphatic rings. The molecular weight excluding hydrogens is 232 g/mol. The molecule has 1 amide bonds. The van der Waals surface area contributed by atoms with E-state index in [0.29, 0.717) is 13.1 Å². The van der Waals surface area contributed by atoms with Crippen molar-refractivity contribution in [2.24, 2.45) is 11.1 Å². The minimum absolute atomic E-state index is 0.0161. The van der Waals surface area contributed by atoms with Crippen molar-refractivity contribution in [3.05, 3.63) is 12.2 Å². The second kappa shape index (κ2) is 4.55. The van der Waals surface area contributed by atoms with Crippen molar-refractivity contribution in [2.75, 3.05) is 13.1 Å². The van der Waals surface area contributed by atoms with Crippen LogP contribution in [0.4, 0.5) is 4.79 Å². The van der Waals surface area contributed by atoms with Crippen LogP contribution in [0.3, 0.4) is 0 Å². The third-order valence-corrected chi connectivity index (χ3v) is 3.42. The number of carbonyl (C=O) groups excluding carboxylic acids is 1. The van der Waals surface area contributed by atoms with Crippen LogP contribution >= 0.6 is 0 Å². The van der Waals surface area contributed by atoms with Gasteiger partial charge in [0.05, 0.1) is 12.2 Å². The van der Waals surface area contributed by atoms with Crippen LogP contribution in [-0.4, -0.2) is 37.0 Å². The van der Waals surface area contributed by atoms with Crippen molar-refractivity contribution in [1.29, 1.82) is 0 Å². The number of alkyl carbamates (subject to hydrolysis) is 1. The van der Waals surface area contributed by atoms with E-state index in [1.54, 1.807) is 0 Å². The van der Waals surface area contributed by atoms with Gasteiger partial charge in [0.25, 0.3) is 0 Å². The number of hydrogen-bond acceptors (Lipinski definition) is 4. The second-order valence-corrected chi connectivity index (χ2v) is 6.11. The van der Waals surface area contributed by atoms with E-state index in [4.69, 9.17) is 15.2 Å². The van der Waals surface area contributed by atoms with Gasteiger partial charge in [-0.05, 0) is 27.2 Å². The van der Waals surface area contributed by atoms with E-state index < -0.39 is 11.7 Å². The lowest BCUT2D eigenvalue weighted by molar-refractivity contribution is 0.0461. The van der Waals surface area contributed by atoms with Gasteiger partial charge in [0, 0.05) is 18.5 Å². The number of fused-ring (bicyclic) bond motifs is 2. The molecule has 0 aromatic rings. The predicted octanol–water partition coefficient (Wildman–Crippen LogP) is 1.18. The Morgan fingerprint density at radius 3 is 2.72 bits per heavy atom. The summed E-state index contributed by atoms with van der Waals surface area (Å²) >= 11 is 0. The molecule has 102 valence electrons. The highest BCUT2D eigenvalue weighted by molar-refractivity contribution is 5.67. The van der Waals surface area contributed by atoms with E-state index in [-0.39, 0.29) is 17.6 Å². The first kappa shape index (κ1) is 13.4. The van der Waals surface area contributed by atoms with E-state index in [0.717, 1.165) is 6.42 Å². The van der Waals surface area contributed by atoms with Gasteiger partial charge in [0.1, 0.15) is 5.60 Å². The van der Waals surface area contributed by atoms with E-state index >= 15 is 0 Å². The third kappa shape index (κ3) is 2.67. The summed E-state index contributed by atoms with van der Waals surface area (Å²) in [7, 11) is 0. The average Bonchev–Trinajstić information content (AvgIpc) is 2.84. The molecule has 2 bridgehead atoms. The molecule has 3 atom stereocenters. The first-order valence-corrected chi connectivity index (χ1v) is 6.35. The molecule has 2 rings (SSSR count). The Balaban J connectivity index is 1.89. The van der Waals surface area contributed by atoms with E-state index in [9.17, 15) is 4.79 Å². The van der Waals surface area contributed by atoms with Crippen LogP contribution in [0.2, 0.25) is 0 Å². The molecule has 3 unspecified atom stereocenters. The van der Waals surface area contributed by atoms with Gasteiger partial charge in [-0.15, -0.1) is 0 Å². The van der Waals surface area contributed by atoms with Crippen LogP contribution in [0.15, 0.2) is 12.2 Å². The van der Waals surface area contributed by atoms with Crippen LogP contribution in [0, 0.1) is 5.41 Å². The van der Waals surface area contributed by atoms with E-state index in [1.807, 2.05) is 26.8 Å². The summed E-state index contributed by atoms with van der Waals surface area (Å²) in [6, 6.07) is 0. The second-order valence-electron chi connectivity index (χ2n) is 6.11. The molecule has 2 heterocycles. The molecule has 0 spiro atoms. The van der Waals surface area contributed by atoms with Crippen molar-refractivity contribution in [3.63, 3.8) is 0 Å². The van der Waals surface area contributed by atoms with Gasteiger partial charge in [-0.1, -0.05) is 12.2 Å². The van der Waals surface area contributed by atoms with Crippen molar-refractivity contribution in [3.8, 4) is 0 Å². The summed E-state index contributed by atoms with van der Waals surface area (Å²) in [5.74, 6) is 0. The Labute approximate surface area is 108 Å². The summed E-state index contributed by atoms with van der Waals surface area (Å²) in [5, 5.41) is 2.80. The zero-order valence-corrected chi connectivity index (χ0v) is 11.2. The lowest BCUT2D eigenvalue weighted by Gasteiger charge is -2.32. The number of nitrogens with one attached hydrogen (secondary N) is 1. The molecule has 5 heteroatoms. The van der Waals surface area contributed by atoms with Gasteiger partial charge in [-0.2, -0.15) is 0 Å². The molecule has 3 N–H and O–H groups in total. The summed E-state index contributed by atoms with van der Waals surface area (Å²) in [5.41, 5.74) is 5.20. The van der Waals surface area contributed by atoms with Gasteiger partial charge in [0.2, 0.25) is 0 Å². The molecule has 1 saturated heterocycles. The van der Waals surface area contributed by atoms with Crippen molar-refractivity contribution in [2.45, 2.75) is 45.0 Å². The Kier molecular flexibility index (Phi) is 3.38. The summed E-state index contributed by atoms with van der Waals surface area (Å²) in [6.45, 7) is 6.51. The quantitative estimate of drug-likeness (QED) is 0.742. The molecule has 18 heavy (non-hydrogen) atoms. The highest BCUT2D eigenvalue weighted by atomic mass is 16.6. The van der Waals surface area contributed by atoms with Gasteiger partial charge < -0.3 is 20.5 Å². The summed E-state index contributed by atoms with van der Waals surface area (Å²) in [6.07, 6.45) is 4.73. The highest BCUT2D eigenvalue weighted by Crippen LogP contribution is 2.42. The molecule has 5 nitrogen and oxygen atoms in total. The van der Waals surface area contributed by atoms with Crippen LogP contribution in [0.25, 0.3) is 0 Å². The van der Waals surface area contributed by atoms with E-state index in [2.05, 4.69) is 11.4 Å². The number of ether oxygens (including phenoxy) is 2. The number of amides is 1. The summed E-state index contributed by atoms with van der Waals surface area (Å²) < 4.78 is 10.9. The fourth-order valence-corrected chi connectivity index (χ4v) is 2.49. The highest BCUT2D eigenvalue weighted by Gasteiger charge is 2.49. The lowest BCUT2D eigenvalue weighted by atomic mass is 9.77. The van der Waals surface area contributed by atoms with Crippen LogP contribution < -0.4 is 11.1 Å². The molecule has 2 aliphatic heterocycles. The molecule has 1 fully saturated rings. The molecular formula is C13H22N2O3. The zero-order chi connectivity index (χ0) is 13.4. The molecule has 0 aromatic carbocycles. The molecule has 0 radical (unpaired) electrons. The maximum Gasteiger partial charge on any atom is 0.407 e. The fraction of sp³-hybridized carbons (Fsp3) is 0.769. The molecule has 0 saturated carbocycles. The Bertz CT molecular complexity index is 362.